The van der Waals surface area contributed by atoms with Gasteiger partial charge in [-0.05, 0) is 37.1 Å². The zero-order valence-corrected chi connectivity index (χ0v) is 9.45. The smallest absolute Gasteiger partial charge is 0.322 e. The number of aryl methyl sites for hydroxylation is 2. The first-order chi connectivity index (χ1) is 7.41. The van der Waals surface area contributed by atoms with Crippen LogP contribution in [0, 0.1) is 13.8 Å². The minimum absolute atomic E-state index is 0.155. The summed E-state index contributed by atoms with van der Waals surface area (Å²) >= 11 is 0. The molecule has 0 heterocycles. The van der Waals surface area contributed by atoms with E-state index in [1.165, 1.54) is 0 Å². The van der Waals surface area contributed by atoms with Crippen LogP contribution >= 0.6 is 0 Å². The van der Waals surface area contributed by atoms with Crippen molar-refractivity contribution in [1.82, 2.24) is 0 Å². The van der Waals surface area contributed by atoms with Gasteiger partial charge in [0, 0.05) is 6.54 Å². The lowest BCUT2D eigenvalue weighted by Crippen LogP contribution is -2.37. The maximum Gasteiger partial charge on any atom is 0.322 e. The van der Waals surface area contributed by atoms with E-state index in [1.54, 1.807) is 0 Å². The highest BCUT2D eigenvalue weighted by atomic mass is 16.4. The van der Waals surface area contributed by atoms with Crippen molar-refractivity contribution in [3.63, 3.8) is 0 Å². The van der Waals surface area contributed by atoms with Crippen LogP contribution in [-0.4, -0.2) is 23.7 Å². The molecule has 0 saturated heterocycles. The van der Waals surface area contributed by atoms with E-state index in [0.717, 1.165) is 16.8 Å². The lowest BCUT2D eigenvalue weighted by molar-refractivity contribution is -0.138. The third-order valence-corrected chi connectivity index (χ3v) is 2.50. The zero-order chi connectivity index (χ0) is 12.3. The van der Waals surface area contributed by atoms with Gasteiger partial charge >= 0.3 is 5.97 Å². The fourth-order valence-corrected chi connectivity index (χ4v) is 1.30. The van der Waals surface area contributed by atoms with Crippen molar-refractivity contribution in [2.45, 2.75) is 19.9 Å². The number of anilines is 2. The molecule has 5 nitrogen and oxygen atoms in total. The molecule has 0 fully saturated rings. The first kappa shape index (κ1) is 12.3. The highest BCUT2D eigenvalue weighted by Gasteiger charge is 2.11. The number of hydrogen-bond acceptors (Lipinski definition) is 4. The third kappa shape index (κ3) is 2.87. The van der Waals surface area contributed by atoms with Crippen LogP contribution in [0.25, 0.3) is 0 Å². The standard InChI is InChI=1S/C11H17N3O2/c1-6-3-8(12)10(4-7(6)2)14-5-9(13)11(15)16/h3-4,9,14H,5,12-13H2,1-2H3,(H,15,16)/t9-/m1/s1. The van der Waals surface area contributed by atoms with Crippen molar-refractivity contribution in [3.05, 3.63) is 23.3 Å². The Hall–Kier alpha value is -1.75. The average molecular weight is 223 g/mol. The van der Waals surface area contributed by atoms with Crippen molar-refractivity contribution in [2.24, 2.45) is 5.73 Å². The van der Waals surface area contributed by atoms with Crippen LogP contribution in [0.2, 0.25) is 0 Å². The number of benzene rings is 1. The van der Waals surface area contributed by atoms with E-state index in [9.17, 15) is 4.79 Å². The Kier molecular flexibility index (Phi) is 3.73. The number of nitrogen functional groups attached to an aromatic ring is 1. The number of hydrogen-bond donors (Lipinski definition) is 4. The molecule has 0 spiro atoms. The Labute approximate surface area is 94.4 Å². The van der Waals surface area contributed by atoms with Crippen molar-refractivity contribution < 1.29 is 9.90 Å². The van der Waals surface area contributed by atoms with E-state index < -0.39 is 12.0 Å². The molecule has 0 saturated carbocycles. The van der Waals surface area contributed by atoms with Gasteiger partial charge in [-0.15, -0.1) is 0 Å². The van der Waals surface area contributed by atoms with Crippen LogP contribution < -0.4 is 16.8 Å². The number of carboxylic acid groups (broad SMARTS) is 1. The molecule has 5 heteroatoms. The second-order valence-electron chi connectivity index (χ2n) is 3.85. The number of aliphatic carboxylic acids is 1. The fourth-order valence-electron chi connectivity index (χ4n) is 1.30. The first-order valence-electron chi connectivity index (χ1n) is 5.00. The maximum absolute atomic E-state index is 10.5. The lowest BCUT2D eigenvalue weighted by Gasteiger charge is -2.13. The summed E-state index contributed by atoms with van der Waals surface area (Å²) in [6, 6.07) is 2.81. The number of carbonyl (C=O) groups is 1. The molecular formula is C11H17N3O2. The fraction of sp³-hybridized carbons (Fsp3) is 0.364. The molecule has 0 bridgehead atoms. The molecule has 0 aromatic heterocycles. The molecule has 1 atom stereocenters. The summed E-state index contributed by atoms with van der Waals surface area (Å²) in [5.74, 6) is -1.03. The molecule has 0 aliphatic heterocycles. The number of rotatable bonds is 4. The highest BCUT2D eigenvalue weighted by Crippen LogP contribution is 2.22. The monoisotopic (exact) mass is 223 g/mol. The quantitative estimate of drug-likeness (QED) is 0.563. The summed E-state index contributed by atoms with van der Waals surface area (Å²) < 4.78 is 0. The van der Waals surface area contributed by atoms with Crippen molar-refractivity contribution in [1.29, 1.82) is 0 Å². The predicted octanol–water partition coefficient (Wildman–Crippen LogP) is 0.709. The van der Waals surface area contributed by atoms with Gasteiger partial charge in [-0.3, -0.25) is 4.79 Å². The normalized spacial score (nSPS) is 12.2. The van der Waals surface area contributed by atoms with Gasteiger partial charge in [-0.1, -0.05) is 0 Å². The van der Waals surface area contributed by atoms with Gasteiger partial charge in [-0.25, -0.2) is 0 Å². The van der Waals surface area contributed by atoms with Gasteiger partial charge in [0.2, 0.25) is 0 Å². The molecule has 0 unspecified atom stereocenters. The first-order valence-corrected chi connectivity index (χ1v) is 5.00. The SMILES string of the molecule is Cc1cc(N)c(NC[C@@H](N)C(=O)O)cc1C. The molecule has 1 aromatic rings. The van der Waals surface area contributed by atoms with Crippen LogP contribution in [0.15, 0.2) is 12.1 Å². The molecule has 0 aliphatic rings. The summed E-state index contributed by atoms with van der Waals surface area (Å²) in [5, 5.41) is 11.6. The minimum Gasteiger partial charge on any atom is -0.480 e. The molecule has 6 N–H and O–H groups in total. The average Bonchev–Trinajstić information content (AvgIpc) is 2.20. The van der Waals surface area contributed by atoms with Crippen LogP contribution in [0.5, 0.6) is 0 Å². The maximum atomic E-state index is 10.5. The molecule has 0 radical (unpaired) electrons. The molecule has 88 valence electrons. The molecule has 16 heavy (non-hydrogen) atoms. The van der Waals surface area contributed by atoms with Crippen LogP contribution in [-0.2, 0) is 4.79 Å². The van der Waals surface area contributed by atoms with E-state index in [1.807, 2.05) is 26.0 Å². The summed E-state index contributed by atoms with van der Waals surface area (Å²) in [6.45, 7) is 4.09. The van der Waals surface area contributed by atoms with Crippen molar-refractivity contribution >= 4 is 17.3 Å². The molecule has 1 aromatic carbocycles. The number of nitrogens with two attached hydrogens (primary N) is 2. The molecule has 1 rings (SSSR count). The Balaban J connectivity index is 2.74. The van der Waals surface area contributed by atoms with E-state index in [2.05, 4.69) is 5.32 Å². The van der Waals surface area contributed by atoms with Gasteiger partial charge in [0.25, 0.3) is 0 Å². The van der Waals surface area contributed by atoms with E-state index in [0.29, 0.717) is 5.69 Å². The summed E-state index contributed by atoms with van der Waals surface area (Å²) in [5.41, 5.74) is 14.7. The minimum atomic E-state index is -1.03. The van der Waals surface area contributed by atoms with E-state index in [4.69, 9.17) is 16.6 Å². The van der Waals surface area contributed by atoms with Crippen molar-refractivity contribution in [2.75, 3.05) is 17.6 Å². The topological polar surface area (TPSA) is 101 Å². The summed E-state index contributed by atoms with van der Waals surface area (Å²) in [7, 11) is 0. The van der Waals surface area contributed by atoms with Gasteiger partial charge in [0.05, 0.1) is 11.4 Å². The van der Waals surface area contributed by atoms with Crippen LogP contribution in [0.1, 0.15) is 11.1 Å². The molecule has 0 aliphatic carbocycles. The Morgan fingerprint density at radius 2 is 2.00 bits per heavy atom. The number of nitrogens with one attached hydrogen (secondary N) is 1. The molecule has 0 amide bonds. The van der Waals surface area contributed by atoms with Crippen LogP contribution in [0.3, 0.4) is 0 Å². The lowest BCUT2D eigenvalue weighted by atomic mass is 10.1. The number of carboxylic acids is 1. The highest BCUT2D eigenvalue weighted by molar-refractivity contribution is 5.75. The largest absolute Gasteiger partial charge is 0.480 e. The van der Waals surface area contributed by atoms with E-state index >= 15 is 0 Å². The zero-order valence-electron chi connectivity index (χ0n) is 9.45. The predicted molar refractivity (Wildman–Crippen MR) is 64.4 cm³/mol. The van der Waals surface area contributed by atoms with Gasteiger partial charge in [0.1, 0.15) is 6.04 Å². The van der Waals surface area contributed by atoms with Gasteiger partial charge in [-0.2, -0.15) is 0 Å². The van der Waals surface area contributed by atoms with E-state index in [-0.39, 0.29) is 6.54 Å². The molecular weight excluding hydrogens is 206 g/mol. The second kappa shape index (κ2) is 4.85. The Morgan fingerprint density at radius 3 is 2.56 bits per heavy atom. The third-order valence-electron chi connectivity index (χ3n) is 2.50. The van der Waals surface area contributed by atoms with Gasteiger partial charge in [0.15, 0.2) is 0 Å². The summed E-state index contributed by atoms with van der Waals surface area (Å²) in [4.78, 5) is 10.5. The Bertz CT molecular complexity index is 404. The second-order valence-corrected chi connectivity index (χ2v) is 3.85. The van der Waals surface area contributed by atoms with Gasteiger partial charge < -0.3 is 21.9 Å². The van der Waals surface area contributed by atoms with Crippen LogP contribution in [0.4, 0.5) is 11.4 Å². The summed E-state index contributed by atoms with van der Waals surface area (Å²) in [6.07, 6.45) is 0. The van der Waals surface area contributed by atoms with Crippen molar-refractivity contribution in [3.8, 4) is 0 Å². The Morgan fingerprint density at radius 1 is 1.44 bits per heavy atom.